The van der Waals surface area contributed by atoms with Gasteiger partial charge in [0, 0.05) is 24.6 Å². The maximum atomic E-state index is 5.23. The van der Waals surface area contributed by atoms with Gasteiger partial charge in [0.25, 0.3) is 0 Å². The van der Waals surface area contributed by atoms with Gasteiger partial charge in [-0.2, -0.15) is 0 Å². The van der Waals surface area contributed by atoms with Gasteiger partial charge in [0.05, 0.1) is 13.8 Å². The van der Waals surface area contributed by atoms with E-state index in [1.807, 2.05) is 12.1 Å². The molecule has 3 heteroatoms. The summed E-state index contributed by atoms with van der Waals surface area (Å²) < 4.78 is 5.23. The van der Waals surface area contributed by atoms with Crippen LogP contribution in [0.4, 0.5) is 5.69 Å². The average molecular weight is 373 g/mol. The molecule has 0 unspecified atom stereocenters. The third-order valence-corrected chi connectivity index (χ3v) is 5.49. The van der Waals surface area contributed by atoms with Crippen molar-refractivity contribution in [3.8, 4) is 5.75 Å². The van der Waals surface area contributed by atoms with Gasteiger partial charge in [-0.3, -0.25) is 0 Å². The van der Waals surface area contributed by atoms with Gasteiger partial charge in [-0.1, -0.05) is 77.6 Å². The summed E-state index contributed by atoms with van der Waals surface area (Å²) in [5, 5.41) is 0. The Hall–Kier alpha value is -1.64. The monoisotopic (exact) mass is 372 g/mol. The molecule has 1 heterocycles. The van der Waals surface area contributed by atoms with E-state index in [9.17, 15) is 0 Å². The van der Waals surface area contributed by atoms with E-state index < -0.39 is 0 Å². The maximum absolute atomic E-state index is 5.23. The highest BCUT2D eigenvalue weighted by atomic mass is 16.5. The van der Waals surface area contributed by atoms with Crippen LogP contribution >= 0.6 is 0 Å². The van der Waals surface area contributed by atoms with Crippen LogP contribution in [0.15, 0.2) is 36.7 Å². The number of methoxy groups -OCH3 is 1. The second-order valence-electron chi connectivity index (χ2n) is 7.81. The highest BCUT2D eigenvalue weighted by molar-refractivity contribution is 5.52. The van der Waals surface area contributed by atoms with Crippen molar-refractivity contribution in [2.45, 2.75) is 84.0 Å². The van der Waals surface area contributed by atoms with E-state index in [0.29, 0.717) is 0 Å². The lowest BCUT2D eigenvalue weighted by molar-refractivity contribution is 0.387. The molecular weight excluding hydrogens is 332 g/mol. The molecule has 0 saturated carbocycles. The molecule has 0 spiro atoms. The van der Waals surface area contributed by atoms with Gasteiger partial charge in [0.2, 0.25) is 0 Å². The summed E-state index contributed by atoms with van der Waals surface area (Å²) in [7, 11) is 1.71. The molecule has 0 amide bonds. The van der Waals surface area contributed by atoms with Gasteiger partial charge in [-0.25, -0.2) is 0 Å². The van der Waals surface area contributed by atoms with E-state index in [0.717, 1.165) is 12.4 Å². The zero-order valence-corrected chi connectivity index (χ0v) is 17.7. The van der Waals surface area contributed by atoms with Crippen LogP contribution < -0.4 is 9.64 Å². The van der Waals surface area contributed by atoms with E-state index in [-0.39, 0.29) is 0 Å². The maximum Gasteiger partial charge on any atom is 0.119 e. The summed E-state index contributed by atoms with van der Waals surface area (Å²) in [5.74, 6) is 0.912. The van der Waals surface area contributed by atoms with Crippen molar-refractivity contribution >= 4 is 5.69 Å². The second kappa shape index (κ2) is 13.5. The minimum Gasteiger partial charge on any atom is -0.497 e. The van der Waals surface area contributed by atoms with Crippen LogP contribution in [0, 0.1) is 0 Å². The molecule has 0 radical (unpaired) electrons. The molecule has 1 aliphatic rings. The number of anilines is 1. The standard InChI is InChI=1S/C24H40N2O/c1-3-4-5-6-7-8-9-10-11-12-13-14-19-25-20-21-26(22-25)23-15-17-24(27-2)18-16-23/h15-18,20-21H,3-14,19,22H2,1-2H3. The summed E-state index contributed by atoms with van der Waals surface area (Å²) in [4.78, 5) is 4.71. The number of nitrogens with zero attached hydrogens (tertiary/aromatic N) is 2. The van der Waals surface area contributed by atoms with Crippen LogP contribution in [0.5, 0.6) is 5.75 Å². The van der Waals surface area contributed by atoms with Crippen LogP contribution in [0.2, 0.25) is 0 Å². The predicted molar refractivity (Wildman–Crippen MR) is 117 cm³/mol. The Balaban J connectivity index is 1.43. The first-order valence-corrected chi connectivity index (χ1v) is 11.2. The Labute approximate surface area is 167 Å². The predicted octanol–water partition coefficient (Wildman–Crippen LogP) is 6.95. The van der Waals surface area contributed by atoms with E-state index in [2.05, 4.69) is 41.3 Å². The Morgan fingerprint density at radius 2 is 1.30 bits per heavy atom. The number of benzene rings is 1. The molecule has 1 aromatic rings. The van der Waals surface area contributed by atoms with E-state index in [1.54, 1.807) is 7.11 Å². The molecule has 2 rings (SSSR count). The van der Waals surface area contributed by atoms with E-state index in [1.165, 1.54) is 89.3 Å². The summed E-state index contributed by atoms with van der Waals surface area (Å²) >= 11 is 0. The van der Waals surface area contributed by atoms with Gasteiger partial charge in [0.15, 0.2) is 0 Å². The van der Waals surface area contributed by atoms with E-state index in [4.69, 9.17) is 4.74 Å². The first-order valence-electron chi connectivity index (χ1n) is 11.2. The minimum absolute atomic E-state index is 0.912. The van der Waals surface area contributed by atoms with Gasteiger partial charge in [-0.05, 0) is 30.7 Å². The lowest BCUT2D eigenvalue weighted by atomic mass is 10.1. The van der Waals surface area contributed by atoms with Crippen LogP contribution in [-0.4, -0.2) is 25.2 Å². The molecule has 0 fully saturated rings. The topological polar surface area (TPSA) is 15.7 Å². The summed E-state index contributed by atoms with van der Waals surface area (Å²) in [5.41, 5.74) is 1.23. The fourth-order valence-corrected chi connectivity index (χ4v) is 3.71. The molecule has 0 N–H and O–H groups in total. The summed E-state index contributed by atoms with van der Waals surface area (Å²) in [6.45, 7) is 4.42. The lowest BCUT2D eigenvalue weighted by Gasteiger charge is -2.21. The summed E-state index contributed by atoms with van der Waals surface area (Å²) in [6, 6.07) is 8.29. The summed E-state index contributed by atoms with van der Waals surface area (Å²) in [6.07, 6.45) is 21.3. The average Bonchev–Trinajstić information content (AvgIpc) is 3.18. The molecule has 1 aromatic carbocycles. The van der Waals surface area contributed by atoms with Gasteiger partial charge >= 0.3 is 0 Å². The number of unbranched alkanes of at least 4 members (excludes halogenated alkanes) is 11. The first kappa shape index (κ1) is 21.7. The van der Waals surface area contributed by atoms with Crippen LogP contribution in [-0.2, 0) is 0 Å². The Bertz CT molecular complexity index is 512. The fraction of sp³-hybridized carbons (Fsp3) is 0.667. The molecule has 1 aliphatic heterocycles. The number of ether oxygens (including phenoxy) is 1. The number of hydrogen-bond donors (Lipinski definition) is 0. The Morgan fingerprint density at radius 1 is 0.741 bits per heavy atom. The van der Waals surface area contributed by atoms with Crippen molar-refractivity contribution < 1.29 is 4.74 Å². The Kier molecular flexibility index (Phi) is 10.8. The number of rotatable bonds is 15. The molecular formula is C24H40N2O. The Morgan fingerprint density at radius 3 is 1.85 bits per heavy atom. The molecule has 27 heavy (non-hydrogen) atoms. The fourth-order valence-electron chi connectivity index (χ4n) is 3.71. The SMILES string of the molecule is CCCCCCCCCCCCCCN1C=CN(c2ccc(OC)cc2)C1. The zero-order chi connectivity index (χ0) is 19.2. The van der Waals surface area contributed by atoms with Crippen molar-refractivity contribution in [2.75, 3.05) is 25.2 Å². The van der Waals surface area contributed by atoms with Crippen molar-refractivity contribution in [3.05, 3.63) is 36.7 Å². The molecule has 3 nitrogen and oxygen atoms in total. The first-order chi connectivity index (χ1) is 13.3. The number of hydrogen-bond acceptors (Lipinski definition) is 3. The third-order valence-electron chi connectivity index (χ3n) is 5.49. The zero-order valence-electron chi connectivity index (χ0n) is 17.7. The largest absolute Gasteiger partial charge is 0.497 e. The highest BCUT2D eigenvalue weighted by Crippen LogP contribution is 2.22. The van der Waals surface area contributed by atoms with Crippen molar-refractivity contribution in [2.24, 2.45) is 0 Å². The van der Waals surface area contributed by atoms with Crippen LogP contribution in [0.3, 0.4) is 0 Å². The van der Waals surface area contributed by atoms with E-state index >= 15 is 0 Å². The highest BCUT2D eigenvalue weighted by Gasteiger charge is 2.13. The van der Waals surface area contributed by atoms with Crippen LogP contribution in [0.1, 0.15) is 84.0 Å². The van der Waals surface area contributed by atoms with Crippen molar-refractivity contribution in [3.63, 3.8) is 0 Å². The van der Waals surface area contributed by atoms with Crippen LogP contribution in [0.25, 0.3) is 0 Å². The molecule has 0 bridgehead atoms. The quantitative estimate of drug-likeness (QED) is 0.310. The minimum atomic E-state index is 0.912. The smallest absolute Gasteiger partial charge is 0.119 e. The molecule has 0 saturated heterocycles. The van der Waals surface area contributed by atoms with Crippen molar-refractivity contribution in [1.29, 1.82) is 0 Å². The molecule has 0 aliphatic carbocycles. The molecule has 152 valence electrons. The normalized spacial score (nSPS) is 13.6. The lowest BCUT2D eigenvalue weighted by Crippen LogP contribution is -2.25. The van der Waals surface area contributed by atoms with Crippen molar-refractivity contribution in [1.82, 2.24) is 4.90 Å². The van der Waals surface area contributed by atoms with Gasteiger partial charge in [-0.15, -0.1) is 0 Å². The molecule has 0 atom stereocenters. The molecule has 0 aromatic heterocycles. The second-order valence-corrected chi connectivity index (χ2v) is 7.81. The third kappa shape index (κ3) is 8.73. The van der Waals surface area contributed by atoms with Gasteiger partial charge in [0.1, 0.15) is 5.75 Å². The van der Waals surface area contributed by atoms with Gasteiger partial charge < -0.3 is 14.5 Å².